The molecule has 5 heteroatoms. The first-order valence-electron chi connectivity index (χ1n) is 11.1. The van der Waals surface area contributed by atoms with Gasteiger partial charge in [-0.2, -0.15) is 4.98 Å². The van der Waals surface area contributed by atoms with Crippen molar-refractivity contribution in [1.82, 2.24) is 14.5 Å². The van der Waals surface area contributed by atoms with Gasteiger partial charge in [0.05, 0.1) is 0 Å². The smallest absolute Gasteiger partial charge is 0.224 e. The van der Waals surface area contributed by atoms with Crippen LogP contribution in [0.5, 0.6) is 0 Å². The number of benzene rings is 1. The van der Waals surface area contributed by atoms with Gasteiger partial charge in [-0.15, -0.1) is 0 Å². The van der Waals surface area contributed by atoms with E-state index in [1.54, 1.807) is 0 Å². The maximum Gasteiger partial charge on any atom is 0.224 e. The molecule has 0 aliphatic carbocycles. The van der Waals surface area contributed by atoms with Crippen molar-refractivity contribution in [3.05, 3.63) is 70.6 Å². The molecule has 2 heterocycles. The van der Waals surface area contributed by atoms with Crippen LogP contribution in [0.2, 0.25) is 5.02 Å². The van der Waals surface area contributed by atoms with E-state index in [1.165, 1.54) is 24.0 Å². The fraction of sp³-hybridized carbons (Fsp3) is 0.440. The van der Waals surface area contributed by atoms with Crippen molar-refractivity contribution in [3.8, 4) is 5.82 Å². The van der Waals surface area contributed by atoms with Gasteiger partial charge in [0.2, 0.25) is 5.95 Å². The summed E-state index contributed by atoms with van der Waals surface area (Å²) in [4.78, 5) is 9.37. The van der Waals surface area contributed by atoms with Crippen molar-refractivity contribution in [2.24, 2.45) is 0 Å². The highest BCUT2D eigenvalue weighted by Gasteiger charge is 2.16. The molecule has 0 saturated carbocycles. The van der Waals surface area contributed by atoms with Gasteiger partial charge in [0.25, 0.3) is 0 Å². The Kier molecular flexibility index (Phi) is 7.92. The van der Waals surface area contributed by atoms with Gasteiger partial charge in [-0.1, -0.05) is 57.3 Å². The molecule has 0 saturated heterocycles. The average Bonchev–Trinajstić information content (AvgIpc) is 3.22. The van der Waals surface area contributed by atoms with Gasteiger partial charge in [0.1, 0.15) is 5.82 Å². The highest BCUT2D eigenvalue weighted by Crippen LogP contribution is 2.30. The van der Waals surface area contributed by atoms with Gasteiger partial charge in [-0.25, -0.2) is 4.98 Å². The molecule has 2 atom stereocenters. The molecule has 160 valence electrons. The van der Waals surface area contributed by atoms with E-state index in [1.807, 2.05) is 18.3 Å². The summed E-state index contributed by atoms with van der Waals surface area (Å²) < 4.78 is 2.11. The molecule has 0 aliphatic rings. The molecule has 0 radical (unpaired) electrons. The lowest BCUT2D eigenvalue weighted by Gasteiger charge is -2.17. The molecule has 3 rings (SSSR count). The summed E-state index contributed by atoms with van der Waals surface area (Å²) in [6.07, 6.45) is 11.8. The Morgan fingerprint density at radius 1 is 1.10 bits per heavy atom. The standard InChI is InChI=1S/C25H33ClN4/c1-5-8-12-22(6-2)28-25-27-16-18(4)24(29-25)30-14-13-20(17-30)23(7-3)19-10-9-11-21(26)15-19/h9-11,13-17,22-23H,5-8,12H2,1-4H3,(H,27,28,29)/t22?,23-/m1/s1. The molecule has 0 spiro atoms. The van der Waals surface area contributed by atoms with Gasteiger partial charge >= 0.3 is 0 Å². The summed E-state index contributed by atoms with van der Waals surface area (Å²) in [6.45, 7) is 8.70. The molecular weight excluding hydrogens is 392 g/mol. The molecule has 4 nitrogen and oxygen atoms in total. The average molecular weight is 425 g/mol. The molecule has 2 aromatic heterocycles. The van der Waals surface area contributed by atoms with Crippen LogP contribution < -0.4 is 5.32 Å². The summed E-state index contributed by atoms with van der Waals surface area (Å²) in [5.74, 6) is 1.93. The van der Waals surface area contributed by atoms with Gasteiger partial charge < -0.3 is 9.88 Å². The minimum Gasteiger partial charge on any atom is -0.351 e. The molecule has 0 amide bonds. The molecule has 0 aliphatic heterocycles. The molecular formula is C25H33ClN4. The Hall–Kier alpha value is -2.33. The van der Waals surface area contributed by atoms with Crippen LogP contribution in [0.3, 0.4) is 0 Å². The number of halogens is 1. The Morgan fingerprint density at radius 3 is 2.63 bits per heavy atom. The number of rotatable bonds is 10. The number of aromatic nitrogens is 3. The van der Waals surface area contributed by atoms with Gasteiger partial charge in [0.15, 0.2) is 0 Å². The van der Waals surface area contributed by atoms with Crippen LogP contribution in [0.25, 0.3) is 5.82 Å². The third-order valence-electron chi connectivity index (χ3n) is 5.70. The SMILES string of the molecule is CCCCC(CC)Nc1ncc(C)c(-n2ccc([C@H](CC)c3cccc(Cl)c3)c2)n1. The van der Waals surface area contributed by atoms with E-state index < -0.39 is 0 Å². The monoisotopic (exact) mass is 424 g/mol. The summed E-state index contributed by atoms with van der Waals surface area (Å²) in [5.41, 5.74) is 3.56. The minimum absolute atomic E-state index is 0.309. The zero-order valence-corrected chi connectivity index (χ0v) is 19.3. The van der Waals surface area contributed by atoms with Crippen molar-refractivity contribution in [3.63, 3.8) is 0 Å². The van der Waals surface area contributed by atoms with Crippen LogP contribution >= 0.6 is 11.6 Å². The lowest BCUT2D eigenvalue weighted by atomic mass is 9.91. The first-order chi connectivity index (χ1) is 14.5. The normalized spacial score (nSPS) is 13.2. The lowest BCUT2D eigenvalue weighted by Crippen LogP contribution is -2.20. The number of unbranched alkanes of at least 4 members (excludes halogenated alkanes) is 1. The first-order valence-corrected chi connectivity index (χ1v) is 11.5. The van der Waals surface area contributed by atoms with Gasteiger partial charge in [0, 0.05) is 41.1 Å². The second-order valence-corrected chi connectivity index (χ2v) is 8.40. The predicted molar refractivity (Wildman–Crippen MR) is 127 cm³/mol. The van der Waals surface area contributed by atoms with Crippen LogP contribution in [0, 0.1) is 6.92 Å². The molecule has 30 heavy (non-hydrogen) atoms. The fourth-order valence-electron chi connectivity index (χ4n) is 3.91. The zero-order chi connectivity index (χ0) is 21.5. The highest BCUT2D eigenvalue weighted by atomic mass is 35.5. The number of nitrogens with one attached hydrogen (secondary N) is 1. The highest BCUT2D eigenvalue weighted by molar-refractivity contribution is 6.30. The maximum atomic E-state index is 6.23. The summed E-state index contributed by atoms with van der Waals surface area (Å²) in [7, 11) is 0. The van der Waals surface area contributed by atoms with Crippen molar-refractivity contribution < 1.29 is 0 Å². The van der Waals surface area contributed by atoms with Crippen LogP contribution in [0.1, 0.15) is 75.5 Å². The van der Waals surface area contributed by atoms with E-state index >= 15 is 0 Å². The molecule has 1 N–H and O–H groups in total. The van der Waals surface area contributed by atoms with Crippen molar-refractivity contribution in [2.45, 2.75) is 71.8 Å². The Bertz CT molecular complexity index is 950. The van der Waals surface area contributed by atoms with Crippen LogP contribution in [0.15, 0.2) is 48.9 Å². The van der Waals surface area contributed by atoms with E-state index in [0.717, 1.165) is 35.7 Å². The second-order valence-electron chi connectivity index (χ2n) is 7.96. The predicted octanol–water partition coefficient (Wildman–Crippen LogP) is 7.15. The van der Waals surface area contributed by atoms with Crippen LogP contribution in [-0.4, -0.2) is 20.6 Å². The zero-order valence-electron chi connectivity index (χ0n) is 18.5. The Morgan fingerprint density at radius 2 is 1.93 bits per heavy atom. The molecule has 0 fully saturated rings. The van der Waals surface area contributed by atoms with Crippen molar-refractivity contribution in [2.75, 3.05) is 5.32 Å². The fourth-order valence-corrected chi connectivity index (χ4v) is 4.11. The van der Waals surface area contributed by atoms with E-state index in [2.05, 4.69) is 73.2 Å². The number of hydrogen-bond donors (Lipinski definition) is 1. The maximum absolute atomic E-state index is 6.23. The molecule has 3 aromatic rings. The molecule has 0 bridgehead atoms. The summed E-state index contributed by atoms with van der Waals surface area (Å²) >= 11 is 6.23. The van der Waals surface area contributed by atoms with E-state index in [4.69, 9.17) is 16.6 Å². The van der Waals surface area contributed by atoms with E-state index in [0.29, 0.717) is 17.9 Å². The first kappa shape index (κ1) is 22.4. The Labute approximate surface area is 185 Å². The molecule has 1 unspecified atom stereocenters. The third-order valence-corrected chi connectivity index (χ3v) is 5.93. The van der Waals surface area contributed by atoms with E-state index in [9.17, 15) is 0 Å². The number of nitrogens with zero attached hydrogens (tertiary/aromatic N) is 3. The second kappa shape index (κ2) is 10.6. The largest absolute Gasteiger partial charge is 0.351 e. The quantitative estimate of drug-likeness (QED) is 0.375. The Balaban J connectivity index is 1.85. The minimum atomic E-state index is 0.309. The van der Waals surface area contributed by atoms with E-state index in [-0.39, 0.29) is 0 Å². The van der Waals surface area contributed by atoms with Gasteiger partial charge in [-0.3, -0.25) is 0 Å². The molecule has 1 aromatic carbocycles. The van der Waals surface area contributed by atoms with Crippen LogP contribution in [-0.2, 0) is 0 Å². The number of aryl methyl sites for hydroxylation is 1. The van der Waals surface area contributed by atoms with Gasteiger partial charge in [-0.05, 0) is 55.5 Å². The number of anilines is 1. The van der Waals surface area contributed by atoms with Crippen LogP contribution in [0.4, 0.5) is 5.95 Å². The van der Waals surface area contributed by atoms with Crippen molar-refractivity contribution >= 4 is 17.5 Å². The topological polar surface area (TPSA) is 42.7 Å². The van der Waals surface area contributed by atoms with Crippen molar-refractivity contribution in [1.29, 1.82) is 0 Å². The number of hydrogen-bond acceptors (Lipinski definition) is 3. The lowest BCUT2D eigenvalue weighted by molar-refractivity contribution is 0.589. The summed E-state index contributed by atoms with van der Waals surface area (Å²) in [6, 6.07) is 10.7. The summed E-state index contributed by atoms with van der Waals surface area (Å²) in [5, 5.41) is 4.30. The third kappa shape index (κ3) is 5.42.